The van der Waals surface area contributed by atoms with Gasteiger partial charge in [0.15, 0.2) is 0 Å². The molecule has 0 bridgehead atoms. The average Bonchev–Trinajstić information content (AvgIpc) is 2.03. The van der Waals surface area contributed by atoms with Crippen molar-refractivity contribution < 1.29 is 0 Å². The van der Waals surface area contributed by atoms with Gasteiger partial charge in [-0.05, 0) is 18.8 Å². The van der Waals surface area contributed by atoms with Crippen molar-refractivity contribution in [3.8, 4) is 0 Å². The van der Waals surface area contributed by atoms with Gasteiger partial charge >= 0.3 is 0 Å². The standard InChI is InChI=1S/C11H22Si/c1-10(12(2,3)4)11-8-6-5-7-9-11/h11H,1,5-9H2,2-4H3. The van der Waals surface area contributed by atoms with Gasteiger partial charge in [0.05, 0.1) is 8.07 Å². The summed E-state index contributed by atoms with van der Waals surface area (Å²) in [5.41, 5.74) is 0. The predicted octanol–water partition coefficient (Wildman–Crippen LogP) is 4.00. The fourth-order valence-corrected chi connectivity index (χ4v) is 3.58. The Hall–Kier alpha value is -0.0431. The Morgan fingerprint density at radius 2 is 1.58 bits per heavy atom. The van der Waals surface area contributed by atoms with Gasteiger partial charge in [-0.3, -0.25) is 0 Å². The van der Waals surface area contributed by atoms with Crippen LogP contribution in [0.3, 0.4) is 0 Å². The van der Waals surface area contributed by atoms with Crippen LogP contribution >= 0.6 is 0 Å². The Kier molecular flexibility index (Phi) is 3.16. The van der Waals surface area contributed by atoms with Crippen molar-refractivity contribution in [1.29, 1.82) is 0 Å². The highest BCUT2D eigenvalue weighted by Crippen LogP contribution is 2.33. The van der Waals surface area contributed by atoms with Crippen LogP contribution in [0.15, 0.2) is 11.8 Å². The molecule has 0 nitrogen and oxygen atoms in total. The topological polar surface area (TPSA) is 0 Å². The SMILES string of the molecule is C=C(C1CCCCC1)[Si](C)(C)C. The van der Waals surface area contributed by atoms with E-state index in [4.69, 9.17) is 0 Å². The molecule has 0 N–H and O–H groups in total. The lowest BCUT2D eigenvalue weighted by Gasteiger charge is -2.30. The lowest BCUT2D eigenvalue weighted by Crippen LogP contribution is -2.29. The molecule has 1 rings (SSSR count). The number of allylic oxidation sites excluding steroid dienone is 1. The van der Waals surface area contributed by atoms with E-state index >= 15 is 0 Å². The van der Waals surface area contributed by atoms with Crippen LogP contribution in [-0.2, 0) is 0 Å². The van der Waals surface area contributed by atoms with Gasteiger partial charge in [-0.1, -0.05) is 44.1 Å². The summed E-state index contributed by atoms with van der Waals surface area (Å²) in [4.78, 5) is 0. The van der Waals surface area contributed by atoms with Crippen LogP contribution in [0.25, 0.3) is 0 Å². The van der Waals surface area contributed by atoms with E-state index in [9.17, 15) is 0 Å². The van der Waals surface area contributed by atoms with Gasteiger partial charge in [0, 0.05) is 0 Å². The molecular weight excluding hydrogens is 160 g/mol. The van der Waals surface area contributed by atoms with Crippen molar-refractivity contribution in [2.45, 2.75) is 51.7 Å². The molecule has 0 heterocycles. The Morgan fingerprint density at radius 1 is 1.08 bits per heavy atom. The fraction of sp³-hybridized carbons (Fsp3) is 0.818. The van der Waals surface area contributed by atoms with Crippen LogP contribution in [0.5, 0.6) is 0 Å². The molecule has 0 spiro atoms. The van der Waals surface area contributed by atoms with E-state index in [0.717, 1.165) is 5.92 Å². The van der Waals surface area contributed by atoms with Gasteiger partial charge in [0.25, 0.3) is 0 Å². The summed E-state index contributed by atoms with van der Waals surface area (Å²) in [6.07, 6.45) is 7.17. The summed E-state index contributed by atoms with van der Waals surface area (Å²) >= 11 is 0. The molecule has 1 aliphatic rings. The minimum Gasteiger partial charge on any atom is -0.103 e. The van der Waals surface area contributed by atoms with Crippen molar-refractivity contribution in [2.75, 3.05) is 0 Å². The molecule has 0 atom stereocenters. The Bertz CT molecular complexity index is 158. The van der Waals surface area contributed by atoms with Crippen molar-refractivity contribution >= 4 is 8.07 Å². The minimum absolute atomic E-state index is 0.880. The zero-order chi connectivity index (χ0) is 9.19. The Balaban J connectivity index is 2.51. The van der Waals surface area contributed by atoms with Gasteiger partial charge in [-0.25, -0.2) is 0 Å². The highest BCUT2D eigenvalue weighted by molar-refractivity contribution is 6.83. The highest BCUT2D eigenvalue weighted by atomic mass is 28.3. The third kappa shape index (κ3) is 2.48. The summed E-state index contributed by atoms with van der Waals surface area (Å²) in [6, 6.07) is 0. The first-order valence-electron chi connectivity index (χ1n) is 5.21. The largest absolute Gasteiger partial charge is 0.103 e. The van der Waals surface area contributed by atoms with E-state index in [2.05, 4.69) is 26.2 Å². The van der Waals surface area contributed by atoms with E-state index in [0.29, 0.717) is 0 Å². The van der Waals surface area contributed by atoms with Gasteiger partial charge in [0.1, 0.15) is 0 Å². The van der Waals surface area contributed by atoms with Crippen LogP contribution < -0.4 is 0 Å². The molecule has 0 aliphatic heterocycles. The maximum absolute atomic E-state index is 4.31. The molecule has 0 amide bonds. The second-order valence-electron chi connectivity index (χ2n) is 5.11. The average molecular weight is 182 g/mol. The van der Waals surface area contributed by atoms with Crippen molar-refractivity contribution in [3.05, 3.63) is 11.8 Å². The van der Waals surface area contributed by atoms with Crippen LogP contribution in [-0.4, -0.2) is 8.07 Å². The molecule has 1 saturated carbocycles. The number of hydrogen-bond acceptors (Lipinski definition) is 0. The normalized spacial score (nSPS) is 20.9. The minimum atomic E-state index is -1.04. The molecule has 12 heavy (non-hydrogen) atoms. The van der Waals surface area contributed by atoms with E-state index in [1.807, 2.05) is 0 Å². The van der Waals surface area contributed by atoms with Gasteiger partial charge < -0.3 is 0 Å². The second-order valence-corrected chi connectivity index (χ2v) is 10.3. The Labute approximate surface area is 78.1 Å². The van der Waals surface area contributed by atoms with Gasteiger partial charge in [-0.2, -0.15) is 0 Å². The van der Waals surface area contributed by atoms with E-state index in [-0.39, 0.29) is 0 Å². The van der Waals surface area contributed by atoms with Crippen LogP contribution in [0.4, 0.5) is 0 Å². The molecule has 0 saturated heterocycles. The zero-order valence-corrected chi connectivity index (χ0v) is 9.82. The van der Waals surface area contributed by atoms with Crippen molar-refractivity contribution in [3.63, 3.8) is 0 Å². The smallest absolute Gasteiger partial charge is 0.0720 e. The van der Waals surface area contributed by atoms with Crippen LogP contribution in [0.2, 0.25) is 19.6 Å². The molecule has 1 aliphatic carbocycles. The summed E-state index contributed by atoms with van der Waals surface area (Å²) in [7, 11) is -1.04. The summed E-state index contributed by atoms with van der Waals surface area (Å²) in [6.45, 7) is 11.6. The molecule has 0 aromatic heterocycles. The lowest BCUT2D eigenvalue weighted by atomic mass is 9.89. The summed E-state index contributed by atoms with van der Waals surface area (Å²) in [5.74, 6) is 0.880. The number of rotatable bonds is 2. The summed E-state index contributed by atoms with van der Waals surface area (Å²) in [5, 5.41) is 1.61. The molecule has 70 valence electrons. The van der Waals surface area contributed by atoms with E-state index in [1.165, 1.54) is 32.1 Å². The van der Waals surface area contributed by atoms with E-state index < -0.39 is 8.07 Å². The fourth-order valence-electron chi connectivity index (χ4n) is 2.06. The lowest BCUT2D eigenvalue weighted by molar-refractivity contribution is 0.412. The maximum atomic E-state index is 4.31. The predicted molar refractivity (Wildman–Crippen MR) is 59.1 cm³/mol. The Morgan fingerprint density at radius 3 is 2.00 bits per heavy atom. The first kappa shape index (κ1) is 10.0. The third-order valence-electron chi connectivity index (χ3n) is 3.06. The quantitative estimate of drug-likeness (QED) is 0.566. The first-order valence-corrected chi connectivity index (χ1v) is 8.71. The zero-order valence-electron chi connectivity index (χ0n) is 8.82. The van der Waals surface area contributed by atoms with Crippen molar-refractivity contribution in [1.82, 2.24) is 0 Å². The first-order chi connectivity index (χ1) is 5.52. The number of hydrogen-bond donors (Lipinski definition) is 0. The third-order valence-corrected chi connectivity index (χ3v) is 5.40. The van der Waals surface area contributed by atoms with Crippen molar-refractivity contribution in [2.24, 2.45) is 5.92 Å². The van der Waals surface area contributed by atoms with E-state index in [1.54, 1.807) is 5.20 Å². The van der Waals surface area contributed by atoms with Gasteiger partial charge in [0.2, 0.25) is 0 Å². The molecule has 0 aromatic carbocycles. The molecule has 0 radical (unpaired) electrons. The molecular formula is C11H22Si. The molecule has 1 fully saturated rings. The monoisotopic (exact) mass is 182 g/mol. The van der Waals surface area contributed by atoms with Crippen LogP contribution in [0.1, 0.15) is 32.1 Å². The molecule has 1 heteroatoms. The summed E-state index contributed by atoms with van der Waals surface area (Å²) < 4.78 is 0. The second kappa shape index (κ2) is 3.78. The highest BCUT2D eigenvalue weighted by Gasteiger charge is 2.25. The van der Waals surface area contributed by atoms with Crippen LogP contribution in [0, 0.1) is 5.92 Å². The molecule has 0 aromatic rings. The molecule has 0 unspecified atom stereocenters. The van der Waals surface area contributed by atoms with Gasteiger partial charge in [-0.15, -0.1) is 6.58 Å². The maximum Gasteiger partial charge on any atom is 0.0720 e.